The molecule has 10 nitrogen and oxygen atoms in total. The lowest BCUT2D eigenvalue weighted by Crippen LogP contribution is -2.56. The molecule has 0 radical (unpaired) electrons. The number of fused-ring (bicyclic) bond motifs is 1. The fourth-order valence-corrected chi connectivity index (χ4v) is 6.20. The summed E-state index contributed by atoms with van der Waals surface area (Å²) in [6.07, 6.45) is 4.72. The zero-order chi connectivity index (χ0) is 28.9. The molecule has 5 N–H and O–H groups in total. The number of benzene rings is 2. The monoisotopic (exact) mass is 559 g/mol. The van der Waals surface area contributed by atoms with Gasteiger partial charge in [-0.15, -0.1) is 0 Å². The van der Waals surface area contributed by atoms with E-state index >= 15 is 0 Å². The Balaban J connectivity index is 1.24. The van der Waals surface area contributed by atoms with E-state index in [1.165, 1.54) is 0 Å². The summed E-state index contributed by atoms with van der Waals surface area (Å²) < 4.78 is 0. The zero-order valence-corrected chi connectivity index (χ0v) is 23.0. The number of para-hydroxylation sites is 1. The summed E-state index contributed by atoms with van der Waals surface area (Å²) in [4.78, 5) is 58.4. The molecule has 41 heavy (non-hydrogen) atoms. The lowest BCUT2D eigenvalue weighted by atomic mass is 10.0. The minimum Gasteiger partial charge on any atom is -0.481 e. The Morgan fingerprint density at radius 2 is 1.61 bits per heavy atom. The van der Waals surface area contributed by atoms with Gasteiger partial charge < -0.3 is 30.9 Å². The van der Waals surface area contributed by atoms with Crippen LogP contribution in [0.15, 0.2) is 60.8 Å². The number of nitrogens with one attached hydrogen (secondary N) is 2. The number of amides is 3. The topological polar surface area (TPSA) is 149 Å². The van der Waals surface area contributed by atoms with Crippen molar-refractivity contribution < 1.29 is 24.3 Å². The first-order valence-corrected chi connectivity index (χ1v) is 14.3. The number of rotatable bonds is 10. The molecular weight excluding hydrogens is 522 g/mol. The number of hydrogen-bond donors (Lipinski definition) is 4. The number of aromatic nitrogens is 1. The predicted molar refractivity (Wildman–Crippen MR) is 154 cm³/mol. The molecule has 0 aliphatic carbocycles. The summed E-state index contributed by atoms with van der Waals surface area (Å²) in [5, 5.41) is 13.3. The Labute approximate surface area is 238 Å². The number of carbonyl (C=O) groups is 4. The maximum Gasteiger partial charge on any atom is 0.305 e. The van der Waals surface area contributed by atoms with Crippen molar-refractivity contribution in [1.82, 2.24) is 20.1 Å². The predicted octanol–water partition coefficient (Wildman–Crippen LogP) is 2.22. The molecule has 216 valence electrons. The molecule has 4 atom stereocenters. The van der Waals surface area contributed by atoms with Crippen LogP contribution in [0.1, 0.15) is 43.2 Å². The van der Waals surface area contributed by atoms with E-state index in [4.69, 9.17) is 5.73 Å². The van der Waals surface area contributed by atoms with Gasteiger partial charge in [0.2, 0.25) is 17.7 Å². The molecule has 0 bridgehead atoms. The third-order valence-corrected chi connectivity index (χ3v) is 8.18. The molecular formula is C31H37N5O5. The number of H-pyrrole nitrogens is 1. The number of carbonyl (C=O) groups excluding carboxylic acids is 3. The lowest BCUT2D eigenvalue weighted by Gasteiger charge is -2.32. The second-order valence-corrected chi connectivity index (χ2v) is 11.0. The largest absolute Gasteiger partial charge is 0.481 e. The van der Waals surface area contributed by atoms with Crippen molar-refractivity contribution in [3.05, 3.63) is 71.9 Å². The second-order valence-electron chi connectivity index (χ2n) is 11.0. The molecule has 0 unspecified atom stereocenters. The van der Waals surface area contributed by atoms with Crippen molar-refractivity contribution >= 4 is 34.6 Å². The number of nitrogens with zero attached hydrogens (tertiary/aromatic N) is 2. The van der Waals surface area contributed by atoms with Gasteiger partial charge in [-0.3, -0.25) is 19.2 Å². The molecule has 2 aliphatic heterocycles. The Hall–Kier alpha value is -4.18. The van der Waals surface area contributed by atoms with E-state index in [1.807, 2.05) is 60.8 Å². The normalized spacial score (nSPS) is 20.2. The molecule has 3 amide bonds. The third kappa shape index (κ3) is 6.43. The van der Waals surface area contributed by atoms with Crippen molar-refractivity contribution in [2.45, 2.75) is 69.1 Å². The Morgan fingerprint density at radius 1 is 0.927 bits per heavy atom. The maximum atomic E-state index is 13.8. The highest BCUT2D eigenvalue weighted by Gasteiger charge is 2.43. The highest BCUT2D eigenvalue weighted by Crippen LogP contribution is 2.27. The fraction of sp³-hybridized carbons (Fsp3) is 0.419. The van der Waals surface area contributed by atoms with E-state index in [9.17, 15) is 24.3 Å². The number of likely N-dealkylation sites (tertiary alicyclic amines) is 2. The van der Waals surface area contributed by atoms with E-state index < -0.39 is 30.1 Å². The average Bonchev–Trinajstić information content (AvgIpc) is 3.73. The van der Waals surface area contributed by atoms with E-state index in [-0.39, 0.29) is 24.1 Å². The molecule has 5 rings (SSSR count). The first-order chi connectivity index (χ1) is 19.8. The Kier molecular flexibility index (Phi) is 8.68. The molecule has 3 heterocycles. The van der Waals surface area contributed by atoms with E-state index in [0.717, 1.165) is 22.0 Å². The van der Waals surface area contributed by atoms with Crippen molar-refractivity contribution in [2.75, 3.05) is 13.1 Å². The maximum absolute atomic E-state index is 13.8. The zero-order valence-electron chi connectivity index (χ0n) is 23.0. The summed E-state index contributed by atoms with van der Waals surface area (Å²) in [6.45, 7) is 0.860. The van der Waals surface area contributed by atoms with Crippen molar-refractivity contribution in [1.29, 1.82) is 0 Å². The molecule has 2 aliphatic rings. The van der Waals surface area contributed by atoms with E-state index in [2.05, 4.69) is 10.3 Å². The van der Waals surface area contributed by atoms with Gasteiger partial charge in [0.05, 0.1) is 12.5 Å². The fourth-order valence-electron chi connectivity index (χ4n) is 6.20. The standard InChI is InChI=1S/C31H37N5O5/c32-24(17-21-19-33-25-11-5-4-10-23(21)25)30(40)36-15-7-13-27(36)31(41)35-14-6-12-26(35)29(39)34-22(18-28(37)38)16-20-8-2-1-3-9-20/h1-5,8-11,19,22,24,26-27,33H,6-7,12-18,32H2,(H,34,39)(H,37,38)/t22-,24-,26-,27-/m0/s1. The van der Waals surface area contributed by atoms with Crippen LogP contribution >= 0.6 is 0 Å². The Morgan fingerprint density at radius 3 is 2.37 bits per heavy atom. The first kappa shape index (κ1) is 28.4. The number of carboxylic acids is 1. The first-order valence-electron chi connectivity index (χ1n) is 14.3. The van der Waals surface area contributed by atoms with Crippen molar-refractivity contribution in [3.8, 4) is 0 Å². The molecule has 2 saturated heterocycles. The smallest absolute Gasteiger partial charge is 0.305 e. The van der Waals surface area contributed by atoms with Gasteiger partial charge in [0.1, 0.15) is 12.1 Å². The summed E-state index contributed by atoms with van der Waals surface area (Å²) in [5.74, 6) is -1.87. The number of carboxylic acid groups (broad SMARTS) is 1. The van der Waals surface area contributed by atoms with Gasteiger partial charge in [-0.2, -0.15) is 0 Å². The lowest BCUT2D eigenvalue weighted by molar-refractivity contribution is -0.147. The molecule has 2 fully saturated rings. The number of aromatic amines is 1. The quantitative estimate of drug-likeness (QED) is 0.299. The van der Waals surface area contributed by atoms with Crippen LogP contribution in [0.25, 0.3) is 10.9 Å². The summed E-state index contributed by atoms with van der Waals surface area (Å²) in [7, 11) is 0. The second kappa shape index (κ2) is 12.6. The van der Waals surface area contributed by atoms with Crippen LogP contribution in [0.4, 0.5) is 0 Å². The minimum atomic E-state index is -1.00. The highest BCUT2D eigenvalue weighted by atomic mass is 16.4. The molecule has 2 aromatic carbocycles. The van der Waals surface area contributed by atoms with Crippen LogP contribution in [0.3, 0.4) is 0 Å². The molecule has 0 spiro atoms. The van der Waals surface area contributed by atoms with Crippen LogP contribution in [-0.4, -0.2) is 80.8 Å². The van der Waals surface area contributed by atoms with Gasteiger partial charge in [0.15, 0.2) is 0 Å². The van der Waals surface area contributed by atoms with Crippen LogP contribution in [0, 0.1) is 0 Å². The van der Waals surface area contributed by atoms with Gasteiger partial charge in [-0.25, -0.2) is 0 Å². The summed E-state index contributed by atoms with van der Waals surface area (Å²) in [5.41, 5.74) is 9.23. The molecule has 0 saturated carbocycles. The molecule has 10 heteroatoms. The van der Waals surface area contributed by atoms with Gasteiger partial charge >= 0.3 is 5.97 Å². The Bertz CT molecular complexity index is 1410. The highest BCUT2D eigenvalue weighted by molar-refractivity contribution is 5.94. The van der Waals surface area contributed by atoms with Crippen LogP contribution in [0.2, 0.25) is 0 Å². The summed E-state index contributed by atoms with van der Waals surface area (Å²) in [6, 6.07) is 14.5. The molecule has 3 aromatic rings. The van der Waals surface area contributed by atoms with Gasteiger partial charge in [0.25, 0.3) is 0 Å². The van der Waals surface area contributed by atoms with Gasteiger partial charge in [-0.05, 0) is 55.7 Å². The van der Waals surface area contributed by atoms with Gasteiger partial charge in [-0.1, -0.05) is 48.5 Å². The number of hydrogen-bond acceptors (Lipinski definition) is 5. The number of aliphatic carboxylic acids is 1. The molecule has 1 aromatic heterocycles. The number of nitrogens with two attached hydrogens (primary N) is 1. The van der Waals surface area contributed by atoms with Crippen LogP contribution in [-0.2, 0) is 32.0 Å². The van der Waals surface area contributed by atoms with Crippen molar-refractivity contribution in [3.63, 3.8) is 0 Å². The van der Waals surface area contributed by atoms with Crippen LogP contribution in [0.5, 0.6) is 0 Å². The van der Waals surface area contributed by atoms with E-state index in [1.54, 1.807) is 9.80 Å². The van der Waals surface area contributed by atoms with Gasteiger partial charge in [0, 0.05) is 36.2 Å². The SMILES string of the molecule is N[C@@H](Cc1c[nH]c2ccccc12)C(=O)N1CCC[C@H]1C(=O)N1CCC[C@H]1C(=O)N[C@H](CC(=O)O)Cc1ccccc1. The van der Waals surface area contributed by atoms with E-state index in [0.29, 0.717) is 51.6 Å². The average molecular weight is 560 g/mol. The van der Waals surface area contributed by atoms with Crippen LogP contribution < -0.4 is 11.1 Å². The third-order valence-electron chi connectivity index (χ3n) is 8.18. The van der Waals surface area contributed by atoms with Crippen molar-refractivity contribution in [2.24, 2.45) is 5.73 Å². The minimum absolute atomic E-state index is 0.222. The summed E-state index contributed by atoms with van der Waals surface area (Å²) >= 11 is 0.